The molecule has 0 radical (unpaired) electrons. The summed E-state index contributed by atoms with van der Waals surface area (Å²) in [6.45, 7) is 2.91. The van der Waals surface area contributed by atoms with Crippen molar-refractivity contribution in [1.82, 2.24) is 30.7 Å². The Hall–Kier alpha value is -2.16. The third-order valence-electron chi connectivity index (χ3n) is 5.59. The van der Waals surface area contributed by atoms with E-state index in [1.807, 2.05) is 17.0 Å². The molecule has 164 valence electrons. The maximum Gasteiger partial charge on any atom is 0.257 e. The summed E-state index contributed by atoms with van der Waals surface area (Å²) in [6.07, 6.45) is 8.90. The number of rotatable bonds is 5. The van der Waals surface area contributed by atoms with Gasteiger partial charge in [0, 0.05) is 37.6 Å². The first-order valence-electron chi connectivity index (χ1n) is 9.96. The lowest BCUT2D eigenvalue weighted by Crippen LogP contribution is -2.46. The van der Waals surface area contributed by atoms with Crippen LogP contribution in [0.3, 0.4) is 0 Å². The molecular formula is C20H28Cl2N6O2. The summed E-state index contributed by atoms with van der Waals surface area (Å²) in [6, 6.07) is 3.65. The molecule has 0 bridgehead atoms. The van der Waals surface area contributed by atoms with E-state index in [0.717, 1.165) is 50.0 Å². The van der Waals surface area contributed by atoms with Crippen LogP contribution in [0.2, 0.25) is 0 Å². The molecule has 0 saturated carbocycles. The molecule has 2 unspecified atom stereocenters. The molecule has 4 rings (SSSR count). The van der Waals surface area contributed by atoms with Gasteiger partial charge in [-0.3, -0.25) is 19.7 Å². The molecule has 10 heteroatoms. The number of hydrogen-bond donors (Lipinski definition) is 3. The Morgan fingerprint density at radius 3 is 2.70 bits per heavy atom. The van der Waals surface area contributed by atoms with Crippen LogP contribution in [0.5, 0.6) is 0 Å². The molecule has 3 N–H and O–H groups in total. The maximum atomic E-state index is 13.1. The SMILES string of the molecule is Cl.Cl.O=C(NCC1CCCN(C(=O)c2cn[nH]c2-c2ccncc2)C1)C1CCCN1. The van der Waals surface area contributed by atoms with Gasteiger partial charge in [-0.2, -0.15) is 5.10 Å². The Morgan fingerprint density at radius 2 is 1.97 bits per heavy atom. The van der Waals surface area contributed by atoms with E-state index < -0.39 is 0 Å². The lowest BCUT2D eigenvalue weighted by molar-refractivity contribution is -0.123. The maximum absolute atomic E-state index is 13.1. The molecule has 8 nitrogen and oxygen atoms in total. The lowest BCUT2D eigenvalue weighted by Gasteiger charge is -2.33. The molecule has 0 spiro atoms. The van der Waals surface area contributed by atoms with E-state index in [-0.39, 0.29) is 48.6 Å². The minimum atomic E-state index is -0.0600. The summed E-state index contributed by atoms with van der Waals surface area (Å²) < 4.78 is 0. The topological polar surface area (TPSA) is 103 Å². The smallest absolute Gasteiger partial charge is 0.257 e. The van der Waals surface area contributed by atoms with Gasteiger partial charge in [-0.25, -0.2) is 0 Å². The van der Waals surface area contributed by atoms with E-state index >= 15 is 0 Å². The number of aromatic amines is 1. The van der Waals surface area contributed by atoms with Gasteiger partial charge in [0.15, 0.2) is 0 Å². The van der Waals surface area contributed by atoms with Gasteiger partial charge in [0.25, 0.3) is 5.91 Å². The van der Waals surface area contributed by atoms with Gasteiger partial charge < -0.3 is 15.5 Å². The van der Waals surface area contributed by atoms with E-state index in [1.54, 1.807) is 18.6 Å². The molecule has 2 aliphatic heterocycles. The molecule has 0 aliphatic carbocycles. The molecule has 2 saturated heterocycles. The normalized spacial score (nSPS) is 20.7. The van der Waals surface area contributed by atoms with Crippen LogP contribution < -0.4 is 10.6 Å². The Bertz CT molecular complexity index is 826. The third-order valence-corrected chi connectivity index (χ3v) is 5.59. The number of carbonyl (C=O) groups is 2. The average molecular weight is 455 g/mol. The van der Waals surface area contributed by atoms with Crippen LogP contribution in [0.1, 0.15) is 36.0 Å². The first-order chi connectivity index (χ1) is 13.7. The molecular weight excluding hydrogens is 427 g/mol. The van der Waals surface area contributed by atoms with Crippen molar-refractivity contribution >= 4 is 36.6 Å². The van der Waals surface area contributed by atoms with Crippen LogP contribution >= 0.6 is 24.8 Å². The highest BCUT2D eigenvalue weighted by atomic mass is 35.5. The largest absolute Gasteiger partial charge is 0.354 e. The quantitative estimate of drug-likeness (QED) is 0.641. The van der Waals surface area contributed by atoms with Crippen molar-refractivity contribution in [1.29, 1.82) is 0 Å². The van der Waals surface area contributed by atoms with Crippen molar-refractivity contribution in [3.8, 4) is 11.3 Å². The number of halogens is 2. The predicted octanol–water partition coefficient (Wildman–Crippen LogP) is 2.04. The molecule has 2 atom stereocenters. The average Bonchev–Trinajstić information content (AvgIpc) is 3.44. The van der Waals surface area contributed by atoms with Crippen molar-refractivity contribution in [2.45, 2.75) is 31.7 Å². The van der Waals surface area contributed by atoms with Gasteiger partial charge in [0.2, 0.25) is 5.91 Å². The molecule has 2 aliphatic rings. The van der Waals surface area contributed by atoms with Crippen LogP contribution in [0.15, 0.2) is 30.7 Å². The molecule has 30 heavy (non-hydrogen) atoms. The van der Waals surface area contributed by atoms with Gasteiger partial charge in [0.05, 0.1) is 23.5 Å². The fourth-order valence-corrected chi connectivity index (χ4v) is 4.05. The summed E-state index contributed by atoms with van der Waals surface area (Å²) in [5.74, 6) is 0.337. The van der Waals surface area contributed by atoms with E-state index in [2.05, 4.69) is 25.8 Å². The zero-order chi connectivity index (χ0) is 19.3. The predicted molar refractivity (Wildman–Crippen MR) is 119 cm³/mol. The van der Waals surface area contributed by atoms with Gasteiger partial charge in [-0.15, -0.1) is 24.8 Å². The number of hydrogen-bond acceptors (Lipinski definition) is 5. The number of amides is 2. The minimum Gasteiger partial charge on any atom is -0.354 e. The Morgan fingerprint density at radius 1 is 1.17 bits per heavy atom. The number of pyridine rings is 1. The minimum absolute atomic E-state index is 0. The van der Waals surface area contributed by atoms with Crippen molar-refractivity contribution in [3.63, 3.8) is 0 Å². The fourth-order valence-electron chi connectivity index (χ4n) is 4.05. The number of nitrogens with one attached hydrogen (secondary N) is 3. The molecule has 2 aromatic heterocycles. The number of aromatic nitrogens is 3. The lowest BCUT2D eigenvalue weighted by atomic mass is 9.97. The van der Waals surface area contributed by atoms with Gasteiger partial charge in [-0.05, 0) is 50.3 Å². The van der Waals surface area contributed by atoms with Crippen LogP contribution in [0, 0.1) is 5.92 Å². The van der Waals surface area contributed by atoms with Crippen LogP contribution in [0.4, 0.5) is 0 Å². The van der Waals surface area contributed by atoms with Gasteiger partial charge in [-0.1, -0.05) is 0 Å². The fraction of sp³-hybridized carbons (Fsp3) is 0.500. The second-order valence-corrected chi connectivity index (χ2v) is 7.55. The van der Waals surface area contributed by atoms with Gasteiger partial charge >= 0.3 is 0 Å². The highest BCUT2D eigenvalue weighted by Crippen LogP contribution is 2.24. The highest BCUT2D eigenvalue weighted by Gasteiger charge is 2.28. The summed E-state index contributed by atoms with van der Waals surface area (Å²) in [5, 5.41) is 13.3. The Balaban J connectivity index is 0.00000160. The summed E-state index contributed by atoms with van der Waals surface area (Å²) in [5.41, 5.74) is 2.18. The zero-order valence-electron chi connectivity index (χ0n) is 16.7. The number of piperidine rings is 1. The number of nitrogens with zero attached hydrogens (tertiary/aromatic N) is 3. The van der Waals surface area contributed by atoms with E-state index in [9.17, 15) is 9.59 Å². The standard InChI is InChI=1S/C20H26N6O2.2ClH/c27-19(17-4-1-7-22-17)23-11-14-3-2-10-26(13-14)20(28)16-12-24-25-18(16)15-5-8-21-9-6-15;;/h5-6,8-9,12,14,17,22H,1-4,7,10-11,13H2,(H,23,27)(H,24,25);2*1H. The van der Waals surface area contributed by atoms with Gasteiger partial charge in [0.1, 0.15) is 0 Å². The third kappa shape index (κ3) is 5.50. The van der Waals surface area contributed by atoms with E-state index in [0.29, 0.717) is 18.7 Å². The highest BCUT2D eigenvalue weighted by molar-refractivity contribution is 5.99. The molecule has 2 aromatic rings. The second kappa shape index (κ2) is 11.3. The number of carbonyl (C=O) groups excluding carboxylic acids is 2. The molecule has 4 heterocycles. The first-order valence-corrected chi connectivity index (χ1v) is 9.96. The number of likely N-dealkylation sites (tertiary alicyclic amines) is 1. The number of H-pyrrole nitrogens is 1. The Kier molecular flexibility index (Phi) is 9.08. The zero-order valence-corrected chi connectivity index (χ0v) is 18.3. The van der Waals surface area contributed by atoms with Crippen LogP contribution in [-0.4, -0.2) is 64.1 Å². The van der Waals surface area contributed by atoms with Crippen molar-refractivity contribution in [3.05, 3.63) is 36.3 Å². The molecule has 2 amide bonds. The Labute approximate surface area is 188 Å². The monoisotopic (exact) mass is 454 g/mol. The van der Waals surface area contributed by atoms with E-state index in [4.69, 9.17) is 0 Å². The van der Waals surface area contributed by atoms with E-state index in [1.165, 1.54) is 0 Å². The van der Waals surface area contributed by atoms with Crippen LogP contribution in [-0.2, 0) is 4.79 Å². The van der Waals surface area contributed by atoms with Crippen molar-refractivity contribution in [2.24, 2.45) is 5.92 Å². The molecule has 0 aromatic carbocycles. The summed E-state index contributed by atoms with van der Waals surface area (Å²) in [7, 11) is 0. The molecule has 2 fully saturated rings. The van der Waals surface area contributed by atoms with Crippen molar-refractivity contribution < 1.29 is 9.59 Å². The summed E-state index contributed by atoms with van der Waals surface area (Å²) in [4.78, 5) is 31.2. The first kappa shape index (κ1) is 24.1. The second-order valence-electron chi connectivity index (χ2n) is 7.55. The summed E-state index contributed by atoms with van der Waals surface area (Å²) >= 11 is 0. The van der Waals surface area contributed by atoms with Crippen molar-refractivity contribution in [2.75, 3.05) is 26.2 Å². The van der Waals surface area contributed by atoms with Crippen LogP contribution in [0.25, 0.3) is 11.3 Å².